The molecule has 0 aliphatic rings. The Labute approximate surface area is 96.3 Å². The molecule has 5 nitrogen and oxygen atoms in total. The Morgan fingerprint density at radius 2 is 1.88 bits per heavy atom. The molecule has 1 aromatic rings. The van der Waals surface area contributed by atoms with Gasteiger partial charge in [-0.2, -0.15) is 0 Å². The van der Waals surface area contributed by atoms with Crippen molar-refractivity contribution in [3.63, 3.8) is 0 Å². The quantitative estimate of drug-likeness (QED) is 0.666. The van der Waals surface area contributed by atoms with Crippen LogP contribution in [0, 0.1) is 6.92 Å². The highest BCUT2D eigenvalue weighted by Crippen LogP contribution is 2.06. The highest BCUT2D eigenvalue weighted by atomic mass is 16.5. The number of ether oxygens (including phenoxy) is 2. The molecule has 0 saturated heterocycles. The molecule has 0 saturated carbocycles. The molecule has 16 heavy (non-hydrogen) atoms. The van der Waals surface area contributed by atoms with E-state index < -0.39 is 0 Å². The van der Waals surface area contributed by atoms with E-state index >= 15 is 0 Å². The van der Waals surface area contributed by atoms with Gasteiger partial charge in [-0.3, -0.25) is 4.90 Å². The standard InChI is InChI=1S/C11H20N2O3/c1-10-8-11(16-12-10)9-13(4-6-14-2)5-7-15-3/h8H,4-7,9H2,1-3H3. The second-order valence-corrected chi connectivity index (χ2v) is 3.70. The average Bonchev–Trinajstić information content (AvgIpc) is 2.68. The monoisotopic (exact) mass is 228 g/mol. The third-order valence-corrected chi connectivity index (χ3v) is 2.28. The fraction of sp³-hybridized carbons (Fsp3) is 0.727. The van der Waals surface area contributed by atoms with E-state index in [1.54, 1.807) is 14.2 Å². The fourth-order valence-electron chi connectivity index (χ4n) is 1.42. The van der Waals surface area contributed by atoms with Gasteiger partial charge in [-0.05, 0) is 6.92 Å². The molecule has 0 aromatic carbocycles. The van der Waals surface area contributed by atoms with Crippen LogP contribution in [0.25, 0.3) is 0 Å². The zero-order chi connectivity index (χ0) is 11.8. The first-order valence-corrected chi connectivity index (χ1v) is 5.38. The molecule has 1 aromatic heterocycles. The molecule has 1 rings (SSSR count). The van der Waals surface area contributed by atoms with Gasteiger partial charge in [0.1, 0.15) is 0 Å². The summed E-state index contributed by atoms with van der Waals surface area (Å²) in [5.74, 6) is 0.879. The van der Waals surface area contributed by atoms with Crippen molar-refractivity contribution in [2.45, 2.75) is 13.5 Å². The Hall–Kier alpha value is -0.910. The number of rotatable bonds is 8. The molecular weight excluding hydrogens is 208 g/mol. The smallest absolute Gasteiger partial charge is 0.150 e. The maximum absolute atomic E-state index is 5.18. The number of aromatic nitrogens is 1. The summed E-state index contributed by atoms with van der Waals surface area (Å²) in [6.07, 6.45) is 0. The molecule has 92 valence electrons. The van der Waals surface area contributed by atoms with Gasteiger partial charge in [0.15, 0.2) is 5.76 Å². The van der Waals surface area contributed by atoms with Crippen molar-refractivity contribution in [3.05, 3.63) is 17.5 Å². The fourth-order valence-corrected chi connectivity index (χ4v) is 1.42. The van der Waals surface area contributed by atoms with Crippen LogP contribution in [0.2, 0.25) is 0 Å². The van der Waals surface area contributed by atoms with Crippen LogP contribution in [0.3, 0.4) is 0 Å². The predicted octanol–water partition coefficient (Wildman–Crippen LogP) is 1.08. The summed E-state index contributed by atoms with van der Waals surface area (Å²) < 4.78 is 15.3. The minimum absolute atomic E-state index is 0.705. The highest BCUT2D eigenvalue weighted by molar-refractivity contribution is 5.02. The lowest BCUT2D eigenvalue weighted by molar-refractivity contribution is 0.104. The molecule has 0 bridgehead atoms. The Morgan fingerprint density at radius 1 is 1.25 bits per heavy atom. The Balaban J connectivity index is 2.41. The van der Waals surface area contributed by atoms with Gasteiger partial charge >= 0.3 is 0 Å². The third kappa shape index (κ3) is 4.74. The van der Waals surface area contributed by atoms with Crippen molar-refractivity contribution in [2.24, 2.45) is 0 Å². The first kappa shape index (κ1) is 13.2. The van der Waals surface area contributed by atoms with Crippen LogP contribution in [0.4, 0.5) is 0 Å². The topological polar surface area (TPSA) is 47.7 Å². The van der Waals surface area contributed by atoms with Crippen LogP contribution in [-0.2, 0) is 16.0 Å². The summed E-state index contributed by atoms with van der Waals surface area (Å²) in [7, 11) is 3.40. The first-order valence-electron chi connectivity index (χ1n) is 5.38. The molecular formula is C11H20N2O3. The van der Waals surface area contributed by atoms with Crippen molar-refractivity contribution >= 4 is 0 Å². The maximum Gasteiger partial charge on any atom is 0.150 e. The Morgan fingerprint density at radius 3 is 2.31 bits per heavy atom. The van der Waals surface area contributed by atoms with Gasteiger partial charge in [0.25, 0.3) is 0 Å². The number of nitrogens with zero attached hydrogens (tertiary/aromatic N) is 2. The van der Waals surface area contributed by atoms with Crippen LogP contribution in [-0.4, -0.2) is 50.6 Å². The molecule has 0 amide bonds. The predicted molar refractivity (Wildman–Crippen MR) is 60.3 cm³/mol. The van der Waals surface area contributed by atoms with Crippen molar-refractivity contribution in [2.75, 3.05) is 40.5 Å². The second-order valence-electron chi connectivity index (χ2n) is 3.70. The van der Waals surface area contributed by atoms with Crippen LogP contribution >= 0.6 is 0 Å². The lowest BCUT2D eigenvalue weighted by Crippen LogP contribution is -2.30. The number of hydrogen-bond acceptors (Lipinski definition) is 5. The van der Waals surface area contributed by atoms with E-state index in [9.17, 15) is 0 Å². The van der Waals surface area contributed by atoms with Gasteiger partial charge in [0.2, 0.25) is 0 Å². The van der Waals surface area contributed by atoms with E-state index in [-0.39, 0.29) is 0 Å². The average molecular weight is 228 g/mol. The van der Waals surface area contributed by atoms with Gasteiger partial charge in [-0.25, -0.2) is 0 Å². The zero-order valence-corrected chi connectivity index (χ0v) is 10.2. The number of hydrogen-bond donors (Lipinski definition) is 0. The van der Waals surface area contributed by atoms with Gasteiger partial charge in [0, 0.05) is 33.4 Å². The lowest BCUT2D eigenvalue weighted by Gasteiger charge is -2.19. The number of aryl methyl sites for hydroxylation is 1. The molecule has 0 fully saturated rings. The summed E-state index contributed by atoms with van der Waals surface area (Å²) in [4.78, 5) is 2.22. The SMILES string of the molecule is COCCN(CCOC)Cc1cc(C)no1. The Kier molecular flexibility index (Phi) is 6.07. The van der Waals surface area contributed by atoms with Crippen LogP contribution < -0.4 is 0 Å². The van der Waals surface area contributed by atoms with Crippen LogP contribution in [0.15, 0.2) is 10.6 Å². The van der Waals surface area contributed by atoms with Crippen molar-refractivity contribution in [1.82, 2.24) is 10.1 Å². The van der Waals surface area contributed by atoms with Crippen LogP contribution in [0.1, 0.15) is 11.5 Å². The highest BCUT2D eigenvalue weighted by Gasteiger charge is 2.09. The lowest BCUT2D eigenvalue weighted by atomic mass is 10.3. The summed E-state index contributed by atoms with van der Waals surface area (Å²) in [6.45, 7) is 5.79. The van der Waals surface area contributed by atoms with Gasteiger partial charge in [-0.15, -0.1) is 0 Å². The number of methoxy groups -OCH3 is 2. The third-order valence-electron chi connectivity index (χ3n) is 2.28. The summed E-state index contributed by atoms with van der Waals surface area (Å²) in [5.41, 5.74) is 0.911. The molecule has 0 N–H and O–H groups in total. The van der Waals surface area contributed by atoms with E-state index in [0.717, 1.165) is 31.1 Å². The second kappa shape index (κ2) is 7.38. The normalized spacial score (nSPS) is 11.2. The molecule has 0 spiro atoms. The molecule has 1 heterocycles. The molecule has 0 radical (unpaired) electrons. The van der Waals surface area contributed by atoms with Gasteiger partial charge in [-0.1, -0.05) is 5.16 Å². The maximum atomic E-state index is 5.18. The van der Waals surface area contributed by atoms with Crippen molar-refractivity contribution in [3.8, 4) is 0 Å². The van der Waals surface area contributed by atoms with Crippen LogP contribution in [0.5, 0.6) is 0 Å². The summed E-state index contributed by atoms with van der Waals surface area (Å²) in [5, 5.41) is 3.87. The minimum atomic E-state index is 0.705. The summed E-state index contributed by atoms with van der Waals surface area (Å²) in [6, 6.07) is 1.95. The Bertz CT molecular complexity index is 281. The van der Waals surface area contributed by atoms with E-state index in [4.69, 9.17) is 14.0 Å². The van der Waals surface area contributed by atoms with Gasteiger partial charge < -0.3 is 14.0 Å². The summed E-state index contributed by atoms with van der Waals surface area (Å²) >= 11 is 0. The van der Waals surface area contributed by atoms with E-state index in [1.165, 1.54) is 0 Å². The van der Waals surface area contributed by atoms with E-state index in [2.05, 4.69) is 10.1 Å². The van der Waals surface area contributed by atoms with E-state index in [0.29, 0.717) is 13.2 Å². The molecule has 5 heteroatoms. The minimum Gasteiger partial charge on any atom is -0.383 e. The van der Waals surface area contributed by atoms with Crippen molar-refractivity contribution < 1.29 is 14.0 Å². The zero-order valence-electron chi connectivity index (χ0n) is 10.2. The van der Waals surface area contributed by atoms with E-state index in [1.807, 2.05) is 13.0 Å². The van der Waals surface area contributed by atoms with Crippen molar-refractivity contribution in [1.29, 1.82) is 0 Å². The largest absolute Gasteiger partial charge is 0.383 e. The molecule has 0 unspecified atom stereocenters. The van der Waals surface area contributed by atoms with Gasteiger partial charge in [0.05, 0.1) is 25.5 Å². The first-order chi connectivity index (χ1) is 7.76. The molecule has 0 aliphatic heterocycles. The molecule has 0 atom stereocenters. The molecule has 0 aliphatic carbocycles.